The highest BCUT2D eigenvalue weighted by Crippen LogP contribution is 2.27. The van der Waals surface area contributed by atoms with E-state index in [1.807, 2.05) is 13.8 Å². The van der Waals surface area contributed by atoms with Crippen LogP contribution in [-0.2, 0) is 11.8 Å². The van der Waals surface area contributed by atoms with Gasteiger partial charge in [0.2, 0.25) is 5.91 Å². The molecule has 0 aliphatic carbocycles. The standard InChI is InChI=1S/C22H21Cl4N5O2S/c1-11(2)19(28-21(33)16-5-4-12(23)9-17(16)26)20-29-30-22(31(20)3)34-10-18(32)27-15-7-13(24)6-14(25)8-15/h4-9,11,19H,10H2,1-3H3,(H,27,32)(H,28,33)/t19-/m1/s1. The van der Waals surface area contributed by atoms with Crippen LogP contribution in [0.4, 0.5) is 5.69 Å². The van der Waals surface area contributed by atoms with Crippen molar-refractivity contribution in [1.82, 2.24) is 20.1 Å². The summed E-state index contributed by atoms with van der Waals surface area (Å²) in [5.41, 5.74) is 0.816. The van der Waals surface area contributed by atoms with Crippen LogP contribution in [0.5, 0.6) is 0 Å². The van der Waals surface area contributed by atoms with E-state index in [9.17, 15) is 9.59 Å². The van der Waals surface area contributed by atoms with Gasteiger partial charge < -0.3 is 15.2 Å². The molecule has 0 aliphatic rings. The molecule has 12 heteroatoms. The van der Waals surface area contributed by atoms with Crippen LogP contribution < -0.4 is 10.6 Å². The summed E-state index contributed by atoms with van der Waals surface area (Å²) in [5.74, 6) is 0.0515. The van der Waals surface area contributed by atoms with E-state index in [0.29, 0.717) is 37.3 Å². The molecule has 34 heavy (non-hydrogen) atoms. The molecule has 7 nitrogen and oxygen atoms in total. The second-order valence-corrected chi connectivity index (χ2v) is 10.4. The molecule has 0 saturated carbocycles. The molecule has 0 saturated heterocycles. The quantitative estimate of drug-likeness (QED) is 0.316. The number of hydrogen-bond donors (Lipinski definition) is 2. The predicted octanol–water partition coefficient (Wildman–Crippen LogP) is 6.29. The van der Waals surface area contributed by atoms with Crippen LogP contribution >= 0.6 is 58.2 Å². The molecule has 0 radical (unpaired) electrons. The van der Waals surface area contributed by atoms with Crippen molar-refractivity contribution in [3.05, 3.63) is 67.9 Å². The number of hydrogen-bond acceptors (Lipinski definition) is 5. The van der Waals surface area contributed by atoms with Crippen molar-refractivity contribution in [3.8, 4) is 0 Å². The Balaban J connectivity index is 1.69. The van der Waals surface area contributed by atoms with Crippen molar-refractivity contribution in [1.29, 1.82) is 0 Å². The Morgan fingerprint density at radius 2 is 1.68 bits per heavy atom. The second-order valence-electron chi connectivity index (χ2n) is 7.71. The maximum absolute atomic E-state index is 12.8. The molecule has 0 spiro atoms. The van der Waals surface area contributed by atoms with Gasteiger partial charge in [0.05, 0.1) is 22.4 Å². The fourth-order valence-electron chi connectivity index (χ4n) is 3.10. The number of nitrogens with one attached hydrogen (secondary N) is 2. The van der Waals surface area contributed by atoms with Crippen LogP contribution in [0, 0.1) is 5.92 Å². The minimum absolute atomic E-state index is 0.00616. The van der Waals surface area contributed by atoms with Crippen LogP contribution in [0.1, 0.15) is 36.1 Å². The lowest BCUT2D eigenvalue weighted by Gasteiger charge is -2.22. The number of carbonyl (C=O) groups is 2. The molecule has 3 rings (SSSR count). The molecular weight excluding hydrogens is 540 g/mol. The van der Waals surface area contributed by atoms with Gasteiger partial charge in [-0.3, -0.25) is 9.59 Å². The molecule has 0 aliphatic heterocycles. The third kappa shape index (κ3) is 6.79. The number of nitrogens with zero attached hydrogens (tertiary/aromatic N) is 3. The van der Waals surface area contributed by atoms with E-state index in [2.05, 4.69) is 20.8 Å². The molecule has 2 N–H and O–H groups in total. The lowest BCUT2D eigenvalue weighted by atomic mass is 10.0. The van der Waals surface area contributed by atoms with Gasteiger partial charge in [-0.05, 0) is 42.3 Å². The van der Waals surface area contributed by atoms with Gasteiger partial charge in [0.1, 0.15) is 0 Å². The first-order chi connectivity index (χ1) is 16.0. The van der Waals surface area contributed by atoms with E-state index < -0.39 is 6.04 Å². The summed E-state index contributed by atoms with van der Waals surface area (Å²) in [6, 6.07) is 9.06. The van der Waals surface area contributed by atoms with Crippen LogP contribution in [0.3, 0.4) is 0 Å². The molecule has 0 unspecified atom stereocenters. The topological polar surface area (TPSA) is 88.9 Å². The van der Waals surface area contributed by atoms with Crippen molar-refractivity contribution in [3.63, 3.8) is 0 Å². The van der Waals surface area contributed by atoms with Crippen molar-refractivity contribution in [2.75, 3.05) is 11.1 Å². The van der Waals surface area contributed by atoms with E-state index >= 15 is 0 Å². The molecule has 180 valence electrons. The van der Waals surface area contributed by atoms with E-state index in [0.717, 1.165) is 0 Å². The van der Waals surface area contributed by atoms with Gasteiger partial charge in [0.25, 0.3) is 5.91 Å². The lowest BCUT2D eigenvalue weighted by molar-refractivity contribution is -0.113. The van der Waals surface area contributed by atoms with E-state index in [1.165, 1.54) is 17.8 Å². The molecule has 2 aromatic carbocycles. The highest BCUT2D eigenvalue weighted by atomic mass is 35.5. The molecule has 0 fully saturated rings. The Morgan fingerprint density at radius 1 is 1.00 bits per heavy atom. The van der Waals surface area contributed by atoms with E-state index in [4.69, 9.17) is 46.4 Å². The summed E-state index contributed by atoms with van der Waals surface area (Å²) in [6.07, 6.45) is 0. The van der Waals surface area contributed by atoms with Crippen molar-refractivity contribution in [2.24, 2.45) is 13.0 Å². The number of halogens is 4. The number of aromatic nitrogens is 3. The SMILES string of the molecule is CC(C)[C@@H](NC(=O)c1ccc(Cl)cc1Cl)c1nnc(SCC(=O)Nc2cc(Cl)cc(Cl)c2)n1C. The Bertz CT molecular complexity index is 1200. The van der Waals surface area contributed by atoms with Crippen molar-refractivity contribution < 1.29 is 9.59 Å². The number of thioether (sulfide) groups is 1. The molecule has 3 aromatic rings. The maximum atomic E-state index is 12.8. The molecule has 0 bridgehead atoms. The molecule has 1 atom stereocenters. The van der Waals surface area contributed by atoms with E-state index in [1.54, 1.807) is 41.9 Å². The maximum Gasteiger partial charge on any atom is 0.253 e. The van der Waals surface area contributed by atoms with Crippen LogP contribution in [-0.4, -0.2) is 32.3 Å². The average molecular weight is 561 g/mol. The fourth-order valence-corrected chi connectivity index (χ4v) is 4.84. The number of carbonyl (C=O) groups excluding carboxylic acids is 2. The van der Waals surface area contributed by atoms with Gasteiger partial charge in [-0.2, -0.15) is 0 Å². The zero-order valence-electron chi connectivity index (χ0n) is 18.4. The van der Waals surface area contributed by atoms with Gasteiger partial charge in [-0.15, -0.1) is 10.2 Å². The van der Waals surface area contributed by atoms with Crippen molar-refractivity contribution >= 4 is 75.7 Å². The zero-order chi connectivity index (χ0) is 25.0. The summed E-state index contributed by atoms with van der Waals surface area (Å²) in [6.45, 7) is 3.92. The Morgan fingerprint density at radius 3 is 2.29 bits per heavy atom. The molecule has 2 amide bonds. The first-order valence-electron chi connectivity index (χ1n) is 10.1. The van der Waals surface area contributed by atoms with Gasteiger partial charge >= 0.3 is 0 Å². The zero-order valence-corrected chi connectivity index (χ0v) is 22.2. The number of anilines is 1. The Hall–Kier alpha value is -1.97. The van der Waals surface area contributed by atoms with Gasteiger partial charge in [0.15, 0.2) is 11.0 Å². The highest BCUT2D eigenvalue weighted by molar-refractivity contribution is 7.99. The van der Waals surface area contributed by atoms with E-state index in [-0.39, 0.29) is 28.5 Å². The molecular formula is C22H21Cl4N5O2S. The monoisotopic (exact) mass is 559 g/mol. The summed E-state index contributed by atoms with van der Waals surface area (Å²) in [7, 11) is 1.78. The average Bonchev–Trinajstić information content (AvgIpc) is 3.09. The Kier molecular flexibility index (Phi) is 9.12. The van der Waals surface area contributed by atoms with Gasteiger partial charge in [-0.1, -0.05) is 72.0 Å². The number of rotatable bonds is 8. The van der Waals surface area contributed by atoms with Crippen LogP contribution in [0.25, 0.3) is 0 Å². The number of benzene rings is 2. The molecule has 1 aromatic heterocycles. The minimum Gasteiger partial charge on any atom is -0.342 e. The first-order valence-corrected chi connectivity index (χ1v) is 12.6. The largest absolute Gasteiger partial charge is 0.342 e. The predicted molar refractivity (Wildman–Crippen MR) is 138 cm³/mol. The summed E-state index contributed by atoms with van der Waals surface area (Å²) in [4.78, 5) is 25.2. The van der Waals surface area contributed by atoms with Crippen LogP contribution in [0.15, 0.2) is 41.6 Å². The Labute approximate surface area is 221 Å². The van der Waals surface area contributed by atoms with Crippen LogP contribution in [0.2, 0.25) is 20.1 Å². The first kappa shape index (κ1) is 26.6. The summed E-state index contributed by atoms with van der Waals surface area (Å²) >= 11 is 25.3. The summed E-state index contributed by atoms with van der Waals surface area (Å²) in [5, 5.41) is 16.3. The van der Waals surface area contributed by atoms with Gasteiger partial charge in [-0.25, -0.2) is 0 Å². The van der Waals surface area contributed by atoms with Crippen molar-refractivity contribution in [2.45, 2.75) is 25.0 Å². The second kappa shape index (κ2) is 11.6. The third-order valence-electron chi connectivity index (χ3n) is 4.75. The smallest absolute Gasteiger partial charge is 0.253 e. The molecule has 1 heterocycles. The highest BCUT2D eigenvalue weighted by Gasteiger charge is 2.26. The normalized spacial score (nSPS) is 12.0. The third-order valence-corrected chi connectivity index (χ3v) is 6.76. The lowest BCUT2D eigenvalue weighted by Crippen LogP contribution is -2.33. The minimum atomic E-state index is -0.437. The fraction of sp³-hybridized carbons (Fsp3) is 0.273. The van der Waals surface area contributed by atoms with Gasteiger partial charge in [0, 0.05) is 27.8 Å². The number of amides is 2. The summed E-state index contributed by atoms with van der Waals surface area (Å²) < 4.78 is 1.75.